The van der Waals surface area contributed by atoms with Crippen LogP contribution in [-0.4, -0.2) is 17.1 Å². The number of ether oxygens (including phenoxy) is 1. The summed E-state index contributed by atoms with van der Waals surface area (Å²) in [5, 5.41) is 11.9. The van der Waals surface area contributed by atoms with Gasteiger partial charge >= 0.3 is 0 Å². The zero-order valence-corrected chi connectivity index (χ0v) is 23.9. The van der Waals surface area contributed by atoms with Crippen molar-refractivity contribution >= 4 is 69.1 Å². The SMILES string of the molecule is O=C(N/N=C\c1ccccc1OCc1ccc(Cl)cc1Cl)c1ccc(-c2csc(Nc3ccc(Cl)cc3)n2)cc1. The van der Waals surface area contributed by atoms with Gasteiger partial charge in [-0.2, -0.15) is 5.10 Å². The fourth-order valence-electron chi connectivity index (χ4n) is 3.65. The lowest BCUT2D eigenvalue weighted by molar-refractivity contribution is 0.0955. The third kappa shape index (κ3) is 7.20. The molecule has 0 unspecified atom stereocenters. The molecular weight excluding hydrogens is 587 g/mol. The minimum absolute atomic E-state index is 0.261. The Morgan fingerprint density at radius 2 is 1.68 bits per heavy atom. The lowest BCUT2D eigenvalue weighted by atomic mass is 10.1. The van der Waals surface area contributed by atoms with E-state index < -0.39 is 0 Å². The third-order valence-corrected chi connectivity index (χ3v) is 7.33. The molecule has 4 aromatic carbocycles. The predicted molar refractivity (Wildman–Crippen MR) is 165 cm³/mol. The van der Waals surface area contributed by atoms with Crippen molar-refractivity contribution in [1.29, 1.82) is 0 Å². The number of carbonyl (C=O) groups excluding carboxylic acids is 1. The zero-order chi connectivity index (χ0) is 27.9. The van der Waals surface area contributed by atoms with Crippen LogP contribution in [0.1, 0.15) is 21.5 Å². The lowest BCUT2D eigenvalue weighted by Gasteiger charge is -2.10. The monoisotopic (exact) mass is 606 g/mol. The van der Waals surface area contributed by atoms with Gasteiger partial charge in [-0.3, -0.25) is 4.79 Å². The van der Waals surface area contributed by atoms with Crippen LogP contribution < -0.4 is 15.5 Å². The van der Waals surface area contributed by atoms with E-state index in [1.165, 1.54) is 17.6 Å². The van der Waals surface area contributed by atoms with Gasteiger partial charge in [0.15, 0.2) is 5.13 Å². The molecule has 0 saturated carbocycles. The molecule has 200 valence electrons. The Hall–Kier alpha value is -3.88. The first kappa shape index (κ1) is 27.7. The van der Waals surface area contributed by atoms with Crippen molar-refractivity contribution in [2.75, 3.05) is 5.32 Å². The van der Waals surface area contributed by atoms with Gasteiger partial charge in [0.05, 0.1) is 11.9 Å². The molecule has 6 nitrogen and oxygen atoms in total. The number of anilines is 2. The highest BCUT2D eigenvalue weighted by atomic mass is 35.5. The van der Waals surface area contributed by atoms with E-state index in [2.05, 4.69) is 20.8 Å². The number of halogens is 3. The molecule has 0 aliphatic heterocycles. The summed E-state index contributed by atoms with van der Waals surface area (Å²) in [6.07, 6.45) is 1.54. The molecule has 0 bridgehead atoms. The molecule has 0 saturated heterocycles. The minimum Gasteiger partial charge on any atom is -0.488 e. The molecule has 0 radical (unpaired) electrons. The summed E-state index contributed by atoms with van der Waals surface area (Å²) >= 11 is 19.6. The smallest absolute Gasteiger partial charge is 0.271 e. The van der Waals surface area contributed by atoms with Crippen LogP contribution in [0.4, 0.5) is 10.8 Å². The molecule has 0 fully saturated rings. The normalized spacial score (nSPS) is 11.0. The molecule has 1 amide bonds. The largest absolute Gasteiger partial charge is 0.488 e. The van der Waals surface area contributed by atoms with Crippen LogP contribution in [0.2, 0.25) is 15.1 Å². The van der Waals surface area contributed by atoms with Crippen molar-refractivity contribution in [3.63, 3.8) is 0 Å². The second kappa shape index (κ2) is 13.0. The minimum atomic E-state index is -0.336. The Bertz CT molecular complexity index is 1650. The second-order valence-corrected chi connectivity index (χ2v) is 10.6. The number of hydrazone groups is 1. The van der Waals surface area contributed by atoms with Crippen LogP contribution in [0.3, 0.4) is 0 Å². The first-order valence-corrected chi connectivity index (χ1v) is 14.0. The number of rotatable bonds is 9. The number of nitrogens with zero attached hydrogens (tertiary/aromatic N) is 2. The number of hydrogen-bond donors (Lipinski definition) is 2. The number of amides is 1. The molecule has 1 aromatic heterocycles. The van der Waals surface area contributed by atoms with Crippen molar-refractivity contribution < 1.29 is 9.53 Å². The number of aromatic nitrogens is 1. The summed E-state index contributed by atoms with van der Waals surface area (Å²) in [4.78, 5) is 17.3. The molecule has 2 N–H and O–H groups in total. The van der Waals surface area contributed by atoms with Gasteiger partial charge in [0.1, 0.15) is 12.4 Å². The first-order chi connectivity index (χ1) is 19.4. The highest BCUT2D eigenvalue weighted by Gasteiger charge is 2.09. The van der Waals surface area contributed by atoms with E-state index in [9.17, 15) is 4.79 Å². The van der Waals surface area contributed by atoms with E-state index >= 15 is 0 Å². The third-order valence-electron chi connectivity index (χ3n) is 5.73. The van der Waals surface area contributed by atoms with Gasteiger partial charge in [-0.05, 0) is 60.7 Å². The van der Waals surface area contributed by atoms with Crippen molar-refractivity contribution in [1.82, 2.24) is 10.4 Å². The van der Waals surface area contributed by atoms with Gasteiger partial charge in [0.25, 0.3) is 5.91 Å². The van der Waals surface area contributed by atoms with E-state index in [4.69, 9.17) is 39.5 Å². The molecule has 0 aliphatic rings. The van der Waals surface area contributed by atoms with Crippen molar-refractivity contribution in [3.8, 4) is 17.0 Å². The van der Waals surface area contributed by atoms with Gasteiger partial charge in [-0.15, -0.1) is 11.3 Å². The number of nitrogens with one attached hydrogen (secondary N) is 2. The summed E-state index contributed by atoms with van der Waals surface area (Å²) in [7, 11) is 0. The summed E-state index contributed by atoms with van der Waals surface area (Å²) in [5.41, 5.74) is 7.15. The fourth-order valence-corrected chi connectivity index (χ4v) is 4.98. The number of para-hydroxylation sites is 1. The quantitative estimate of drug-likeness (QED) is 0.130. The standard InChI is InChI=1S/C30H21Cl3N4O2S/c31-23-11-13-25(14-12-23)35-30-36-27(18-40-30)19-5-7-20(8-6-19)29(38)37-34-16-21-3-1-2-4-28(21)39-17-22-9-10-24(32)15-26(22)33/h1-16,18H,17H2,(H,35,36)(H,37,38)/b34-16-. The average molecular weight is 608 g/mol. The Labute approximate surface area is 250 Å². The van der Waals surface area contributed by atoms with Gasteiger partial charge < -0.3 is 10.1 Å². The van der Waals surface area contributed by atoms with E-state index in [0.717, 1.165) is 27.6 Å². The summed E-state index contributed by atoms with van der Waals surface area (Å²) in [6, 6.07) is 27.2. The summed E-state index contributed by atoms with van der Waals surface area (Å²) < 4.78 is 5.93. The van der Waals surface area contributed by atoms with E-state index in [0.29, 0.717) is 31.9 Å². The highest BCUT2D eigenvalue weighted by Crippen LogP contribution is 2.28. The van der Waals surface area contributed by atoms with Crippen LogP contribution in [-0.2, 0) is 6.61 Å². The topological polar surface area (TPSA) is 75.6 Å². The number of thiazole rings is 1. The number of carbonyl (C=O) groups is 1. The first-order valence-electron chi connectivity index (χ1n) is 12.0. The molecular formula is C30H21Cl3N4O2S. The van der Waals surface area contributed by atoms with Crippen LogP contribution >= 0.6 is 46.1 Å². The Kier molecular flexibility index (Phi) is 8.98. The highest BCUT2D eigenvalue weighted by molar-refractivity contribution is 7.14. The maximum absolute atomic E-state index is 12.7. The molecule has 1 heterocycles. The maximum atomic E-state index is 12.7. The van der Waals surface area contributed by atoms with Crippen molar-refractivity contribution in [2.24, 2.45) is 5.10 Å². The maximum Gasteiger partial charge on any atom is 0.271 e. The van der Waals surface area contributed by atoms with E-state index in [-0.39, 0.29) is 12.5 Å². The zero-order valence-electron chi connectivity index (χ0n) is 20.8. The van der Waals surface area contributed by atoms with Gasteiger partial charge in [0, 0.05) is 48.4 Å². The molecule has 0 atom stereocenters. The van der Waals surface area contributed by atoms with Gasteiger partial charge in [-0.1, -0.05) is 65.1 Å². The van der Waals surface area contributed by atoms with Crippen LogP contribution in [0.15, 0.2) is 101 Å². The fraction of sp³-hybridized carbons (Fsp3) is 0.0333. The average Bonchev–Trinajstić information content (AvgIpc) is 3.43. The summed E-state index contributed by atoms with van der Waals surface area (Å²) in [6.45, 7) is 0.261. The number of hydrogen-bond acceptors (Lipinski definition) is 6. The second-order valence-electron chi connectivity index (χ2n) is 8.51. The van der Waals surface area contributed by atoms with Crippen LogP contribution in [0.25, 0.3) is 11.3 Å². The molecule has 40 heavy (non-hydrogen) atoms. The number of benzene rings is 4. The van der Waals surface area contributed by atoms with Crippen molar-refractivity contribution in [3.05, 3.63) is 128 Å². The molecule has 0 spiro atoms. The van der Waals surface area contributed by atoms with Crippen LogP contribution in [0.5, 0.6) is 5.75 Å². The molecule has 5 rings (SSSR count). The Balaban J connectivity index is 1.18. The Morgan fingerprint density at radius 1 is 0.925 bits per heavy atom. The molecule has 0 aliphatic carbocycles. The van der Waals surface area contributed by atoms with Gasteiger partial charge in [-0.25, -0.2) is 10.4 Å². The predicted octanol–water partition coefficient (Wildman–Crippen LogP) is 8.86. The molecule has 10 heteroatoms. The van der Waals surface area contributed by atoms with Crippen molar-refractivity contribution in [2.45, 2.75) is 6.61 Å². The van der Waals surface area contributed by atoms with E-state index in [1.807, 2.05) is 72.1 Å². The van der Waals surface area contributed by atoms with Crippen LogP contribution in [0, 0.1) is 0 Å². The lowest BCUT2D eigenvalue weighted by Crippen LogP contribution is -2.17. The Morgan fingerprint density at radius 3 is 2.45 bits per heavy atom. The van der Waals surface area contributed by atoms with Gasteiger partial charge in [0.2, 0.25) is 0 Å². The molecule has 5 aromatic rings. The summed E-state index contributed by atoms with van der Waals surface area (Å²) in [5.74, 6) is 0.265. The van der Waals surface area contributed by atoms with E-state index in [1.54, 1.807) is 24.3 Å².